The smallest absolute Gasteiger partial charge is 0.0247 e. The number of hydrogen-bond donors (Lipinski definition) is 1. The van der Waals surface area contributed by atoms with E-state index in [0.717, 1.165) is 13.1 Å². The van der Waals surface area contributed by atoms with Crippen LogP contribution in [0.1, 0.15) is 39.2 Å². The Morgan fingerprint density at radius 3 is 2.85 bits per heavy atom. The third-order valence-corrected chi connectivity index (χ3v) is 4.71. The first-order valence-electron chi connectivity index (χ1n) is 7.82. The van der Waals surface area contributed by atoms with E-state index < -0.39 is 0 Å². The summed E-state index contributed by atoms with van der Waals surface area (Å²) >= 11 is 3.58. The molecule has 1 aliphatic heterocycles. The lowest BCUT2D eigenvalue weighted by Crippen LogP contribution is -2.57. The summed E-state index contributed by atoms with van der Waals surface area (Å²) < 4.78 is 1.18. The molecule has 1 fully saturated rings. The summed E-state index contributed by atoms with van der Waals surface area (Å²) in [6.45, 7) is 10.3. The zero-order chi connectivity index (χ0) is 14.5. The van der Waals surface area contributed by atoms with Crippen molar-refractivity contribution in [1.29, 1.82) is 0 Å². The lowest BCUT2D eigenvalue weighted by molar-refractivity contribution is 0.0885. The molecule has 2 unspecified atom stereocenters. The van der Waals surface area contributed by atoms with Gasteiger partial charge >= 0.3 is 0 Å². The molecule has 1 aromatic carbocycles. The van der Waals surface area contributed by atoms with Crippen molar-refractivity contribution in [1.82, 2.24) is 10.2 Å². The fourth-order valence-electron chi connectivity index (χ4n) is 3.15. The molecule has 0 aromatic heterocycles. The molecule has 112 valence electrons. The SMILES string of the molecule is CCCC1CN(Cc2cccc(Br)c2)C(C(C)C)CN1. The zero-order valence-electron chi connectivity index (χ0n) is 12.9. The Bertz CT molecular complexity index is 419. The lowest BCUT2D eigenvalue weighted by Gasteiger charge is -2.42. The molecule has 1 N–H and O–H groups in total. The van der Waals surface area contributed by atoms with Crippen LogP contribution in [0.2, 0.25) is 0 Å². The van der Waals surface area contributed by atoms with Crippen molar-refractivity contribution in [3.63, 3.8) is 0 Å². The molecule has 0 radical (unpaired) electrons. The van der Waals surface area contributed by atoms with E-state index in [1.807, 2.05) is 0 Å². The summed E-state index contributed by atoms with van der Waals surface area (Å²) in [6.07, 6.45) is 2.54. The topological polar surface area (TPSA) is 15.3 Å². The quantitative estimate of drug-likeness (QED) is 0.871. The second-order valence-electron chi connectivity index (χ2n) is 6.26. The van der Waals surface area contributed by atoms with Gasteiger partial charge < -0.3 is 5.32 Å². The third-order valence-electron chi connectivity index (χ3n) is 4.22. The Morgan fingerprint density at radius 2 is 2.20 bits per heavy atom. The highest BCUT2D eigenvalue weighted by molar-refractivity contribution is 9.10. The van der Waals surface area contributed by atoms with Crippen LogP contribution in [0.4, 0.5) is 0 Å². The van der Waals surface area contributed by atoms with Gasteiger partial charge in [-0.25, -0.2) is 0 Å². The van der Waals surface area contributed by atoms with Crippen molar-refractivity contribution in [3.8, 4) is 0 Å². The second kappa shape index (κ2) is 7.58. The molecule has 1 aromatic rings. The highest BCUT2D eigenvalue weighted by atomic mass is 79.9. The van der Waals surface area contributed by atoms with Gasteiger partial charge in [-0.1, -0.05) is 55.3 Å². The molecule has 1 heterocycles. The molecule has 1 aliphatic rings. The van der Waals surface area contributed by atoms with Crippen LogP contribution in [0.25, 0.3) is 0 Å². The number of halogens is 1. The molecule has 2 atom stereocenters. The van der Waals surface area contributed by atoms with E-state index in [2.05, 4.69) is 71.2 Å². The van der Waals surface area contributed by atoms with Crippen LogP contribution in [0.3, 0.4) is 0 Å². The van der Waals surface area contributed by atoms with E-state index in [1.165, 1.54) is 29.4 Å². The summed E-state index contributed by atoms with van der Waals surface area (Å²) in [5.74, 6) is 0.692. The number of benzene rings is 1. The summed E-state index contributed by atoms with van der Waals surface area (Å²) in [4.78, 5) is 2.67. The summed E-state index contributed by atoms with van der Waals surface area (Å²) in [6, 6.07) is 10.0. The van der Waals surface area contributed by atoms with E-state index in [1.54, 1.807) is 0 Å². The van der Waals surface area contributed by atoms with Gasteiger partial charge in [-0.05, 0) is 30.0 Å². The Kier molecular flexibility index (Phi) is 6.06. The summed E-state index contributed by atoms with van der Waals surface area (Å²) in [5.41, 5.74) is 1.40. The molecule has 0 aliphatic carbocycles. The van der Waals surface area contributed by atoms with Crippen molar-refractivity contribution in [3.05, 3.63) is 34.3 Å². The van der Waals surface area contributed by atoms with Crippen LogP contribution >= 0.6 is 15.9 Å². The van der Waals surface area contributed by atoms with Gasteiger partial charge in [0.25, 0.3) is 0 Å². The van der Waals surface area contributed by atoms with Gasteiger partial charge in [0.05, 0.1) is 0 Å². The molecule has 2 rings (SSSR count). The first-order valence-corrected chi connectivity index (χ1v) is 8.61. The van der Waals surface area contributed by atoms with Gasteiger partial charge in [0.15, 0.2) is 0 Å². The highest BCUT2D eigenvalue weighted by Gasteiger charge is 2.29. The standard InChI is InChI=1S/C17H27BrN2/c1-4-6-16-12-20(17(10-19-16)13(2)3)11-14-7-5-8-15(18)9-14/h5,7-9,13,16-17,19H,4,6,10-12H2,1-3H3. The van der Waals surface area contributed by atoms with Gasteiger partial charge in [-0.3, -0.25) is 4.90 Å². The largest absolute Gasteiger partial charge is 0.311 e. The number of nitrogens with zero attached hydrogens (tertiary/aromatic N) is 1. The molecule has 2 nitrogen and oxygen atoms in total. The van der Waals surface area contributed by atoms with Crippen LogP contribution in [-0.4, -0.2) is 30.1 Å². The van der Waals surface area contributed by atoms with Gasteiger partial charge in [-0.2, -0.15) is 0 Å². The molecule has 20 heavy (non-hydrogen) atoms. The van der Waals surface area contributed by atoms with E-state index in [-0.39, 0.29) is 0 Å². The fraction of sp³-hybridized carbons (Fsp3) is 0.647. The Balaban J connectivity index is 2.06. The Morgan fingerprint density at radius 1 is 1.40 bits per heavy atom. The maximum absolute atomic E-state index is 3.73. The monoisotopic (exact) mass is 338 g/mol. The van der Waals surface area contributed by atoms with Crippen molar-refractivity contribution < 1.29 is 0 Å². The molecular formula is C17H27BrN2. The Hall–Kier alpha value is -0.380. The van der Waals surface area contributed by atoms with Crippen LogP contribution in [-0.2, 0) is 6.54 Å². The normalized spacial score (nSPS) is 24.2. The minimum absolute atomic E-state index is 0.641. The number of hydrogen-bond acceptors (Lipinski definition) is 2. The van der Waals surface area contributed by atoms with Gasteiger partial charge in [-0.15, -0.1) is 0 Å². The van der Waals surface area contributed by atoms with Crippen LogP contribution in [0.15, 0.2) is 28.7 Å². The van der Waals surface area contributed by atoms with Crippen molar-refractivity contribution in [2.45, 2.75) is 52.2 Å². The van der Waals surface area contributed by atoms with E-state index >= 15 is 0 Å². The van der Waals surface area contributed by atoms with Crippen LogP contribution in [0.5, 0.6) is 0 Å². The molecule has 0 bridgehead atoms. The van der Waals surface area contributed by atoms with Crippen LogP contribution < -0.4 is 5.32 Å². The first-order chi connectivity index (χ1) is 9.60. The first kappa shape index (κ1) is 16.0. The van der Waals surface area contributed by atoms with Crippen molar-refractivity contribution in [2.75, 3.05) is 13.1 Å². The number of nitrogens with one attached hydrogen (secondary N) is 1. The predicted octanol–water partition coefficient (Wildman–Crippen LogP) is 4.05. The molecule has 0 amide bonds. The maximum atomic E-state index is 3.73. The minimum atomic E-state index is 0.641. The maximum Gasteiger partial charge on any atom is 0.0247 e. The second-order valence-corrected chi connectivity index (χ2v) is 7.18. The molecule has 3 heteroatoms. The van der Waals surface area contributed by atoms with E-state index in [9.17, 15) is 0 Å². The van der Waals surface area contributed by atoms with E-state index in [4.69, 9.17) is 0 Å². The third kappa shape index (κ3) is 4.31. The fourth-order valence-corrected chi connectivity index (χ4v) is 3.60. The van der Waals surface area contributed by atoms with Gasteiger partial charge in [0.2, 0.25) is 0 Å². The average molecular weight is 339 g/mol. The highest BCUT2D eigenvalue weighted by Crippen LogP contribution is 2.21. The Labute approximate surface area is 132 Å². The number of piperazine rings is 1. The van der Waals surface area contributed by atoms with Crippen LogP contribution in [0, 0.1) is 5.92 Å². The minimum Gasteiger partial charge on any atom is -0.311 e. The molecule has 1 saturated heterocycles. The average Bonchev–Trinajstić information content (AvgIpc) is 2.39. The predicted molar refractivity (Wildman–Crippen MR) is 89.9 cm³/mol. The lowest BCUT2D eigenvalue weighted by atomic mass is 9.96. The van der Waals surface area contributed by atoms with Crippen molar-refractivity contribution in [2.24, 2.45) is 5.92 Å². The molecule has 0 spiro atoms. The molecular weight excluding hydrogens is 312 g/mol. The van der Waals surface area contributed by atoms with E-state index in [0.29, 0.717) is 18.0 Å². The summed E-state index contributed by atoms with van der Waals surface area (Å²) in [5, 5.41) is 3.73. The summed E-state index contributed by atoms with van der Waals surface area (Å²) in [7, 11) is 0. The molecule has 0 saturated carbocycles. The number of rotatable bonds is 5. The zero-order valence-corrected chi connectivity index (χ0v) is 14.5. The van der Waals surface area contributed by atoms with Gasteiger partial charge in [0, 0.05) is 36.2 Å². The van der Waals surface area contributed by atoms with Crippen molar-refractivity contribution >= 4 is 15.9 Å². The van der Waals surface area contributed by atoms with Gasteiger partial charge in [0.1, 0.15) is 0 Å².